The van der Waals surface area contributed by atoms with Gasteiger partial charge in [0, 0.05) is 0 Å². The molecule has 0 unspecified atom stereocenters. The summed E-state index contributed by atoms with van der Waals surface area (Å²) in [6, 6.07) is 3.24. The fraction of sp³-hybridized carbons (Fsp3) is 0.529. The summed E-state index contributed by atoms with van der Waals surface area (Å²) in [4.78, 5) is 24.6. The third-order valence-electron chi connectivity index (χ3n) is 3.78. The number of benzene rings is 1. The fourth-order valence-electron chi connectivity index (χ4n) is 2.16. The second kappa shape index (κ2) is 8.60. The van der Waals surface area contributed by atoms with Crippen molar-refractivity contribution in [3.63, 3.8) is 0 Å². The van der Waals surface area contributed by atoms with Gasteiger partial charge in [-0.1, -0.05) is 26.8 Å². The maximum absolute atomic E-state index is 13.1. The molecule has 0 spiro atoms. The monoisotopic (exact) mass is 328 g/mol. The molecule has 0 bridgehead atoms. The van der Waals surface area contributed by atoms with E-state index in [4.69, 9.17) is 9.47 Å². The van der Waals surface area contributed by atoms with Gasteiger partial charge in [0.05, 0.1) is 6.61 Å². The van der Waals surface area contributed by atoms with Gasteiger partial charge in [-0.2, -0.15) is 0 Å². The van der Waals surface area contributed by atoms with Crippen molar-refractivity contribution in [1.82, 2.24) is 0 Å². The van der Waals surface area contributed by atoms with Gasteiger partial charge >= 0.3 is 11.9 Å². The van der Waals surface area contributed by atoms with Crippen LogP contribution < -0.4 is 0 Å². The second-order valence-corrected chi connectivity index (χ2v) is 5.25. The van der Waals surface area contributed by atoms with Crippen LogP contribution in [-0.4, -0.2) is 18.5 Å². The smallest absolute Gasteiger partial charge is 0.323 e. The lowest BCUT2D eigenvalue weighted by Gasteiger charge is -2.26. The average molecular weight is 328 g/mol. The molecule has 0 heterocycles. The predicted molar refractivity (Wildman–Crippen MR) is 80.4 cm³/mol. The summed E-state index contributed by atoms with van der Waals surface area (Å²) in [5.41, 5.74) is -1.06. The molecular weight excluding hydrogens is 306 g/mol. The molecule has 0 saturated carbocycles. The van der Waals surface area contributed by atoms with Crippen LogP contribution in [0.1, 0.15) is 45.6 Å². The fourth-order valence-corrected chi connectivity index (χ4v) is 2.16. The first-order valence-corrected chi connectivity index (χ1v) is 7.69. The Hall–Kier alpha value is -1.98. The number of hydrogen-bond acceptors (Lipinski definition) is 4. The van der Waals surface area contributed by atoms with Crippen LogP contribution in [0.15, 0.2) is 18.2 Å². The first-order valence-electron chi connectivity index (χ1n) is 7.69. The molecule has 128 valence electrons. The number of carbonyl (C=O) groups excluding carboxylic acids is 2. The van der Waals surface area contributed by atoms with E-state index in [0.717, 1.165) is 12.1 Å². The molecule has 0 aliphatic rings. The van der Waals surface area contributed by atoms with Crippen molar-refractivity contribution >= 4 is 11.9 Å². The highest BCUT2D eigenvalue weighted by molar-refractivity contribution is 5.99. The minimum absolute atomic E-state index is 0.233. The van der Waals surface area contributed by atoms with Crippen LogP contribution in [0, 0.1) is 17.0 Å². The highest BCUT2D eigenvalue weighted by Gasteiger charge is 2.45. The topological polar surface area (TPSA) is 52.6 Å². The molecule has 6 heteroatoms. The molecule has 1 rings (SSSR count). The molecule has 0 N–H and O–H groups in total. The Labute approximate surface area is 134 Å². The number of carbonyl (C=O) groups is 2. The third-order valence-corrected chi connectivity index (χ3v) is 3.78. The van der Waals surface area contributed by atoms with Crippen molar-refractivity contribution in [1.29, 1.82) is 0 Å². The Morgan fingerprint density at radius 3 is 2.13 bits per heavy atom. The van der Waals surface area contributed by atoms with Crippen LogP contribution >= 0.6 is 0 Å². The molecule has 4 nitrogen and oxygen atoms in total. The predicted octanol–water partition coefficient (Wildman–Crippen LogP) is 3.77. The van der Waals surface area contributed by atoms with Crippen molar-refractivity contribution in [3.05, 3.63) is 35.4 Å². The summed E-state index contributed by atoms with van der Waals surface area (Å²) in [5, 5.41) is 0. The average Bonchev–Trinajstić information content (AvgIpc) is 2.55. The van der Waals surface area contributed by atoms with Crippen LogP contribution in [0.3, 0.4) is 0 Å². The summed E-state index contributed by atoms with van der Waals surface area (Å²) in [5.74, 6) is -3.31. The van der Waals surface area contributed by atoms with Crippen molar-refractivity contribution in [2.45, 2.75) is 46.6 Å². The van der Waals surface area contributed by atoms with Crippen LogP contribution in [0.4, 0.5) is 8.78 Å². The second-order valence-electron chi connectivity index (χ2n) is 5.25. The van der Waals surface area contributed by atoms with E-state index in [-0.39, 0.29) is 26.1 Å². The molecule has 0 aliphatic carbocycles. The van der Waals surface area contributed by atoms with Gasteiger partial charge in [-0.25, -0.2) is 8.78 Å². The maximum Gasteiger partial charge on any atom is 0.323 e. The Morgan fingerprint density at radius 2 is 1.61 bits per heavy atom. The van der Waals surface area contributed by atoms with E-state index >= 15 is 0 Å². The molecule has 0 radical (unpaired) electrons. The van der Waals surface area contributed by atoms with E-state index in [0.29, 0.717) is 12.0 Å². The standard InChI is InChI=1S/C17H22F2O4/c1-4-9-22-15(20)17(5-2,6-3)16(21)23-11-12-7-8-13(18)14(19)10-12/h7-8,10H,4-6,9,11H2,1-3H3. The maximum atomic E-state index is 13.1. The summed E-state index contributed by atoms with van der Waals surface area (Å²) >= 11 is 0. The first-order chi connectivity index (χ1) is 10.9. The molecule has 1 aromatic rings. The third kappa shape index (κ3) is 4.50. The van der Waals surface area contributed by atoms with E-state index in [2.05, 4.69) is 0 Å². The summed E-state index contributed by atoms with van der Waals surface area (Å²) < 4.78 is 36.3. The van der Waals surface area contributed by atoms with Crippen molar-refractivity contribution in [3.8, 4) is 0 Å². The van der Waals surface area contributed by atoms with E-state index in [1.807, 2.05) is 6.92 Å². The molecule has 0 aromatic heterocycles. The Bertz CT molecular complexity index is 554. The van der Waals surface area contributed by atoms with Gasteiger partial charge in [-0.15, -0.1) is 0 Å². The van der Waals surface area contributed by atoms with Crippen LogP contribution in [0.5, 0.6) is 0 Å². The van der Waals surface area contributed by atoms with Crippen molar-refractivity contribution < 1.29 is 27.8 Å². The minimum Gasteiger partial charge on any atom is -0.465 e. The highest BCUT2D eigenvalue weighted by atomic mass is 19.2. The van der Waals surface area contributed by atoms with Gasteiger partial charge in [0.1, 0.15) is 6.61 Å². The largest absolute Gasteiger partial charge is 0.465 e. The van der Waals surface area contributed by atoms with Gasteiger partial charge in [-0.05, 0) is 37.0 Å². The quantitative estimate of drug-likeness (QED) is 0.538. The lowest BCUT2D eigenvalue weighted by molar-refractivity contribution is -0.174. The zero-order valence-corrected chi connectivity index (χ0v) is 13.7. The van der Waals surface area contributed by atoms with Gasteiger partial charge < -0.3 is 9.47 Å². The zero-order valence-electron chi connectivity index (χ0n) is 13.7. The summed E-state index contributed by atoms with van der Waals surface area (Å²) in [6.07, 6.45) is 1.13. The summed E-state index contributed by atoms with van der Waals surface area (Å²) in [6.45, 7) is 5.26. The van der Waals surface area contributed by atoms with Crippen molar-refractivity contribution in [2.75, 3.05) is 6.61 Å². The molecule has 0 atom stereocenters. The lowest BCUT2D eigenvalue weighted by Crippen LogP contribution is -2.41. The van der Waals surface area contributed by atoms with E-state index in [9.17, 15) is 18.4 Å². The van der Waals surface area contributed by atoms with Crippen molar-refractivity contribution in [2.24, 2.45) is 5.41 Å². The number of rotatable bonds is 8. The molecule has 23 heavy (non-hydrogen) atoms. The molecular formula is C17H22F2O4. The SMILES string of the molecule is CCCOC(=O)C(CC)(CC)C(=O)OCc1ccc(F)c(F)c1. The molecule has 1 aromatic carbocycles. The van der Waals surface area contributed by atoms with Gasteiger partial charge in [-0.3, -0.25) is 9.59 Å². The Morgan fingerprint density at radius 1 is 1.00 bits per heavy atom. The van der Waals surface area contributed by atoms with Crippen LogP contribution in [0.2, 0.25) is 0 Å². The molecule has 0 amide bonds. The van der Waals surface area contributed by atoms with Gasteiger partial charge in [0.2, 0.25) is 0 Å². The van der Waals surface area contributed by atoms with Crippen LogP contribution in [-0.2, 0) is 25.7 Å². The number of hydrogen-bond donors (Lipinski definition) is 0. The van der Waals surface area contributed by atoms with Crippen LogP contribution in [0.25, 0.3) is 0 Å². The van der Waals surface area contributed by atoms with Gasteiger partial charge in [0.15, 0.2) is 17.0 Å². The Kier molecular flexibility index (Phi) is 7.13. The number of esters is 2. The summed E-state index contributed by atoms with van der Waals surface area (Å²) in [7, 11) is 0. The normalized spacial score (nSPS) is 11.2. The zero-order chi connectivity index (χ0) is 17.5. The van der Waals surface area contributed by atoms with E-state index < -0.39 is 29.0 Å². The molecule has 0 aliphatic heterocycles. The van der Waals surface area contributed by atoms with E-state index in [1.165, 1.54) is 6.07 Å². The molecule has 0 fully saturated rings. The van der Waals surface area contributed by atoms with E-state index in [1.54, 1.807) is 13.8 Å². The molecule has 0 saturated heterocycles. The minimum atomic E-state index is -1.37. The highest BCUT2D eigenvalue weighted by Crippen LogP contribution is 2.30. The number of halogens is 2. The Balaban J connectivity index is 2.81. The number of ether oxygens (including phenoxy) is 2. The van der Waals surface area contributed by atoms with Gasteiger partial charge in [0.25, 0.3) is 0 Å². The lowest BCUT2D eigenvalue weighted by atomic mass is 9.82. The first kappa shape index (κ1) is 19.1.